The number of carboxylic acid groups (broad SMARTS) is 1. The lowest BCUT2D eigenvalue weighted by Crippen LogP contribution is -2.20. The van der Waals surface area contributed by atoms with Crippen LogP contribution < -0.4 is 0 Å². The Hall–Kier alpha value is -0.530. The Morgan fingerprint density at radius 1 is 1.21 bits per heavy atom. The van der Waals surface area contributed by atoms with Gasteiger partial charge in [-0.15, -0.1) is 0 Å². The lowest BCUT2D eigenvalue weighted by Gasteiger charge is -2.24. The predicted octanol–water partition coefficient (Wildman–Crippen LogP) is 3.95. The fourth-order valence-corrected chi connectivity index (χ4v) is 1.82. The van der Waals surface area contributed by atoms with E-state index < -0.39 is 5.97 Å². The molecule has 0 amide bonds. The molecule has 0 aliphatic heterocycles. The van der Waals surface area contributed by atoms with E-state index in [1.54, 1.807) is 0 Å². The highest BCUT2D eigenvalue weighted by Gasteiger charge is 2.24. The van der Waals surface area contributed by atoms with Crippen molar-refractivity contribution in [2.45, 2.75) is 60.3 Å². The van der Waals surface area contributed by atoms with Crippen molar-refractivity contribution in [3.8, 4) is 0 Å². The molecule has 0 atom stereocenters. The van der Waals surface area contributed by atoms with Crippen LogP contribution in [0.1, 0.15) is 60.3 Å². The van der Waals surface area contributed by atoms with Gasteiger partial charge in [-0.3, -0.25) is 4.79 Å². The highest BCUT2D eigenvalue weighted by atomic mass is 16.4. The van der Waals surface area contributed by atoms with Crippen molar-refractivity contribution in [2.75, 3.05) is 0 Å². The Bertz CT molecular complexity index is 135. The van der Waals surface area contributed by atoms with Crippen LogP contribution in [0.25, 0.3) is 0 Å². The molecule has 1 aliphatic carbocycles. The van der Waals surface area contributed by atoms with Crippen molar-refractivity contribution in [1.82, 2.24) is 0 Å². The minimum atomic E-state index is -0.598. The van der Waals surface area contributed by atoms with E-state index in [2.05, 4.69) is 6.92 Å². The fourth-order valence-electron chi connectivity index (χ4n) is 1.82. The Balaban J connectivity index is 0. The van der Waals surface area contributed by atoms with E-state index in [1.807, 2.05) is 13.8 Å². The molecule has 86 valence electrons. The minimum Gasteiger partial charge on any atom is -0.481 e. The number of rotatable bonds is 2. The molecule has 1 fully saturated rings. The van der Waals surface area contributed by atoms with Gasteiger partial charge in [0.1, 0.15) is 0 Å². The van der Waals surface area contributed by atoms with E-state index in [1.165, 1.54) is 6.42 Å². The van der Waals surface area contributed by atoms with Gasteiger partial charge < -0.3 is 5.11 Å². The van der Waals surface area contributed by atoms with Crippen molar-refractivity contribution in [3.63, 3.8) is 0 Å². The Labute approximate surface area is 88.7 Å². The van der Waals surface area contributed by atoms with Crippen LogP contribution in [-0.2, 0) is 4.79 Å². The maximum atomic E-state index is 10.5. The van der Waals surface area contributed by atoms with Gasteiger partial charge in [0.25, 0.3) is 0 Å². The van der Waals surface area contributed by atoms with E-state index in [4.69, 9.17) is 5.11 Å². The first kappa shape index (κ1) is 15.9. The minimum absolute atomic E-state index is 0. The van der Waals surface area contributed by atoms with Crippen molar-refractivity contribution in [1.29, 1.82) is 0 Å². The van der Waals surface area contributed by atoms with E-state index in [-0.39, 0.29) is 13.3 Å². The van der Waals surface area contributed by atoms with E-state index in [9.17, 15) is 4.79 Å². The normalized spacial score (nSPS) is 25.4. The standard InChI is InChI=1S/C9H16O2.C2H6.CH4/c1-2-7-3-5-8(6-4-7)9(10)11;1-2;/h7-8H,2-6H2,1H3,(H,10,11);1-2H3;1H4. The maximum Gasteiger partial charge on any atom is 0.306 e. The van der Waals surface area contributed by atoms with Gasteiger partial charge in [0.2, 0.25) is 0 Å². The topological polar surface area (TPSA) is 37.3 Å². The largest absolute Gasteiger partial charge is 0.481 e. The van der Waals surface area contributed by atoms with Crippen molar-refractivity contribution in [3.05, 3.63) is 0 Å². The second-order valence-electron chi connectivity index (χ2n) is 3.46. The summed E-state index contributed by atoms with van der Waals surface area (Å²) in [5, 5.41) is 8.70. The molecule has 0 saturated heterocycles. The molecule has 2 nitrogen and oxygen atoms in total. The zero-order valence-corrected chi connectivity index (χ0v) is 9.05. The van der Waals surface area contributed by atoms with Crippen molar-refractivity contribution < 1.29 is 9.90 Å². The molecule has 0 heterocycles. The van der Waals surface area contributed by atoms with E-state index in [0.717, 1.165) is 31.6 Å². The van der Waals surface area contributed by atoms with Crippen molar-refractivity contribution in [2.24, 2.45) is 11.8 Å². The molecule has 2 heteroatoms. The zero-order valence-electron chi connectivity index (χ0n) is 9.05. The molecule has 0 unspecified atom stereocenters. The summed E-state index contributed by atoms with van der Waals surface area (Å²) in [6.45, 7) is 6.19. The number of carbonyl (C=O) groups is 1. The third kappa shape index (κ3) is 5.25. The Morgan fingerprint density at radius 3 is 1.93 bits per heavy atom. The average molecular weight is 202 g/mol. The first-order valence-electron chi connectivity index (χ1n) is 5.46. The number of carboxylic acids is 1. The van der Waals surface area contributed by atoms with Gasteiger partial charge in [0.05, 0.1) is 5.92 Å². The molecule has 1 rings (SSSR count). The zero-order chi connectivity index (χ0) is 10.3. The van der Waals surface area contributed by atoms with Crippen LogP contribution in [0.4, 0.5) is 0 Å². The molecule has 1 saturated carbocycles. The summed E-state index contributed by atoms with van der Waals surface area (Å²) >= 11 is 0. The summed E-state index contributed by atoms with van der Waals surface area (Å²) in [4.78, 5) is 10.5. The third-order valence-corrected chi connectivity index (χ3v) is 2.77. The van der Waals surface area contributed by atoms with Gasteiger partial charge in [-0.2, -0.15) is 0 Å². The summed E-state index contributed by atoms with van der Waals surface area (Å²) < 4.78 is 0. The highest BCUT2D eigenvalue weighted by Crippen LogP contribution is 2.30. The lowest BCUT2D eigenvalue weighted by molar-refractivity contribution is -0.143. The Morgan fingerprint density at radius 2 is 1.64 bits per heavy atom. The van der Waals surface area contributed by atoms with Gasteiger partial charge in [-0.05, 0) is 31.6 Å². The summed E-state index contributed by atoms with van der Waals surface area (Å²) in [6.07, 6.45) is 5.24. The van der Waals surface area contributed by atoms with Crippen LogP contribution in [0.15, 0.2) is 0 Å². The van der Waals surface area contributed by atoms with Crippen LogP contribution in [0.2, 0.25) is 0 Å². The monoisotopic (exact) mass is 202 g/mol. The van der Waals surface area contributed by atoms with Crippen molar-refractivity contribution >= 4 is 5.97 Å². The summed E-state index contributed by atoms with van der Waals surface area (Å²) in [6, 6.07) is 0. The molecule has 14 heavy (non-hydrogen) atoms. The average Bonchev–Trinajstić information content (AvgIpc) is 2.21. The van der Waals surface area contributed by atoms with Crippen LogP contribution in [0.3, 0.4) is 0 Å². The molecule has 1 N–H and O–H groups in total. The fraction of sp³-hybridized carbons (Fsp3) is 0.917. The molecule has 0 radical (unpaired) electrons. The third-order valence-electron chi connectivity index (χ3n) is 2.77. The predicted molar refractivity (Wildman–Crippen MR) is 61.5 cm³/mol. The quantitative estimate of drug-likeness (QED) is 0.736. The summed E-state index contributed by atoms with van der Waals surface area (Å²) in [7, 11) is 0. The molecule has 0 aromatic rings. The SMILES string of the molecule is C.CC.CCC1CCC(C(=O)O)CC1. The van der Waals surface area contributed by atoms with Crippen LogP contribution >= 0.6 is 0 Å². The number of aliphatic carboxylic acids is 1. The molecule has 0 aromatic heterocycles. The molecule has 1 aliphatic rings. The second-order valence-corrected chi connectivity index (χ2v) is 3.46. The van der Waals surface area contributed by atoms with Gasteiger partial charge in [-0.1, -0.05) is 34.6 Å². The molecule has 0 spiro atoms. The first-order chi connectivity index (χ1) is 6.24. The molecular formula is C12H26O2. The number of hydrogen-bond donors (Lipinski definition) is 1. The maximum absolute atomic E-state index is 10.5. The summed E-state index contributed by atoms with van der Waals surface area (Å²) in [5.41, 5.74) is 0. The smallest absolute Gasteiger partial charge is 0.306 e. The van der Waals surface area contributed by atoms with Gasteiger partial charge in [0.15, 0.2) is 0 Å². The van der Waals surface area contributed by atoms with Gasteiger partial charge >= 0.3 is 5.97 Å². The first-order valence-corrected chi connectivity index (χ1v) is 5.46. The van der Waals surface area contributed by atoms with E-state index >= 15 is 0 Å². The molecular weight excluding hydrogens is 176 g/mol. The molecule has 0 aromatic carbocycles. The van der Waals surface area contributed by atoms with E-state index in [0.29, 0.717) is 0 Å². The number of hydrogen-bond acceptors (Lipinski definition) is 1. The van der Waals surface area contributed by atoms with Crippen LogP contribution in [0.5, 0.6) is 0 Å². The Kier molecular flexibility index (Phi) is 10.3. The van der Waals surface area contributed by atoms with Gasteiger partial charge in [-0.25, -0.2) is 0 Å². The summed E-state index contributed by atoms with van der Waals surface area (Å²) in [5.74, 6) is 0.156. The van der Waals surface area contributed by atoms with Gasteiger partial charge in [0, 0.05) is 0 Å². The van der Waals surface area contributed by atoms with Crippen LogP contribution in [0, 0.1) is 11.8 Å². The molecule has 0 bridgehead atoms. The lowest BCUT2D eigenvalue weighted by atomic mass is 9.81. The van der Waals surface area contributed by atoms with Crippen LogP contribution in [-0.4, -0.2) is 11.1 Å². The highest BCUT2D eigenvalue weighted by molar-refractivity contribution is 5.69. The second kappa shape index (κ2) is 9.04.